The Labute approximate surface area is 102 Å². The summed E-state index contributed by atoms with van der Waals surface area (Å²) < 4.78 is 4.21. The first-order valence-electron chi connectivity index (χ1n) is 6.11. The van der Waals surface area contributed by atoms with Gasteiger partial charge in [-0.05, 0) is 37.2 Å². The minimum absolute atomic E-state index is 0.690. The van der Waals surface area contributed by atoms with Gasteiger partial charge in [-0.25, -0.2) is 0 Å². The molecule has 1 saturated carbocycles. The molecule has 0 bridgehead atoms. The summed E-state index contributed by atoms with van der Waals surface area (Å²) in [5.74, 6) is 1.55. The Morgan fingerprint density at radius 2 is 2.06 bits per heavy atom. The van der Waals surface area contributed by atoms with Crippen LogP contribution in [0.5, 0.6) is 0 Å². The molecule has 0 atom stereocenters. The first-order chi connectivity index (χ1) is 7.68. The van der Waals surface area contributed by atoms with E-state index in [1.54, 1.807) is 0 Å². The van der Waals surface area contributed by atoms with Gasteiger partial charge in [-0.2, -0.15) is 4.37 Å². The van der Waals surface area contributed by atoms with Gasteiger partial charge in [-0.3, -0.25) is 0 Å². The SMILES string of the molecule is Cc1c(N)nsc1N(C)CC1CCCCC1. The summed E-state index contributed by atoms with van der Waals surface area (Å²) >= 11 is 1.52. The van der Waals surface area contributed by atoms with Crippen molar-refractivity contribution in [2.24, 2.45) is 5.92 Å². The number of hydrogen-bond donors (Lipinski definition) is 1. The van der Waals surface area contributed by atoms with Gasteiger partial charge in [-0.1, -0.05) is 19.3 Å². The van der Waals surface area contributed by atoms with E-state index in [9.17, 15) is 0 Å². The molecule has 0 saturated heterocycles. The van der Waals surface area contributed by atoms with Gasteiger partial charge in [0.25, 0.3) is 0 Å². The molecule has 1 aromatic heterocycles. The van der Waals surface area contributed by atoms with Crippen LogP contribution in [0.2, 0.25) is 0 Å². The van der Waals surface area contributed by atoms with Gasteiger partial charge >= 0.3 is 0 Å². The standard InChI is InChI=1S/C12H21N3S/c1-9-11(13)14-16-12(9)15(2)8-10-6-4-3-5-7-10/h10H,3-8H2,1-2H3,(H2,13,14). The second kappa shape index (κ2) is 5.04. The average molecular weight is 239 g/mol. The third kappa shape index (κ3) is 2.48. The highest BCUT2D eigenvalue weighted by molar-refractivity contribution is 7.10. The predicted octanol–water partition coefficient (Wildman–Crippen LogP) is 3.05. The lowest BCUT2D eigenvalue weighted by Crippen LogP contribution is -2.26. The first-order valence-corrected chi connectivity index (χ1v) is 6.88. The number of nitrogens with zero attached hydrogens (tertiary/aromatic N) is 2. The molecule has 0 unspecified atom stereocenters. The minimum atomic E-state index is 0.690. The quantitative estimate of drug-likeness (QED) is 0.881. The molecule has 1 heterocycles. The molecule has 1 fully saturated rings. The van der Waals surface area contributed by atoms with Crippen LogP contribution in [-0.2, 0) is 0 Å². The molecule has 0 aromatic carbocycles. The van der Waals surface area contributed by atoms with Crippen LogP contribution in [0.4, 0.5) is 10.8 Å². The zero-order chi connectivity index (χ0) is 11.5. The summed E-state index contributed by atoms with van der Waals surface area (Å²) in [6.07, 6.45) is 7.01. The van der Waals surface area contributed by atoms with Crippen LogP contribution in [0.15, 0.2) is 0 Å². The van der Waals surface area contributed by atoms with Crippen molar-refractivity contribution in [3.8, 4) is 0 Å². The fraction of sp³-hybridized carbons (Fsp3) is 0.750. The number of hydrogen-bond acceptors (Lipinski definition) is 4. The van der Waals surface area contributed by atoms with Crippen LogP contribution in [0, 0.1) is 12.8 Å². The molecule has 1 aromatic rings. The maximum absolute atomic E-state index is 5.78. The number of nitrogens with two attached hydrogens (primary N) is 1. The molecule has 0 radical (unpaired) electrons. The molecule has 0 aliphatic heterocycles. The number of rotatable bonds is 3. The van der Waals surface area contributed by atoms with E-state index in [0.717, 1.165) is 18.0 Å². The lowest BCUT2D eigenvalue weighted by molar-refractivity contribution is 0.362. The number of anilines is 2. The van der Waals surface area contributed by atoms with Gasteiger partial charge in [0.05, 0.1) is 0 Å². The Morgan fingerprint density at radius 1 is 1.38 bits per heavy atom. The molecule has 16 heavy (non-hydrogen) atoms. The van der Waals surface area contributed by atoms with Crippen molar-refractivity contribution in [3.05, 3.63) is 5.56 Å². The second-order valence-corrected chi connectivity index (χ2v) is 5.63. The summed E-state index contributed by atoms with van der Waals surface area (Å²) in [6.45, 7) is 3.22. The Bertz CT molecular complexity index is 342. The van der Waals surface area contributed by atoms with Crippen LogP contribution in [0.3, 0.4) is 0 Å². The predicted molar refractivity (Wildman–Crippen MR) is 71.1 cm³/mol. The van der Waals surface area contributed by atoms with E-state index < -0.39 is 0 Å². The summed E-state index contributed by atoms with van der Waals surface area (Å²) in [6, 6.07) is 0. The van der Waals surface area contributed by atoms with Crippen LogP contribution in [0.1, 0.15) is 37.7 Å². The molecule has 1 aliphatic rings. The molecule has 1 aliphatic carbocycles. The van der Waals surface area contributed by atoms with Gasteiger partial charge in [-0.15, -0.1) is 0 Å². The largest absolute Gasteiger partial charge is 0.383 e. The Balaban J connectivity index is 1.96. The van der Waals surface area contributed by atoms with Crippen molar-refractivity contribution in [3.63, 3.8) is 0 Å². The zero-order valence-corrected chi connectivity index (χ0v) is 11.0. The first kappa shape index (κ1) is 11.7. The fourth-order valence-corrected chi connectivity index (χ4v) is 3.31. The third-order valence-electron chi connectivity index (χ3n) is 3.54. The smallest absolute Gasteiger partial charge is 0.142 e. The van der Waals surface area contributed by atoms with E-state index in [4.69, 9.17) is 5.73 Å². The lowest BCUT2D eigenvalue weighted by atomic mass is 9.89. The van der Waals surface area contributed by atoms with Gasteiger partial charge in [0.2, 0.25) is 0 Å². The van der Waals surface area contributed by atoms with Crippen molar-refractivity contribution in [2.45, 2.75) is 39.0 Å². The van der Waals surface area contributed by atoms with E-state index in [1.807, 2.05) is 0 Å². The summed E-state index contributed by atoms with van der Waals surface area (Å²) in [4.78, 5) is 2.33. The molecule has 3 nitrogen and oxygen atoms in total. The Morgan fingerprint density at radius 3 is 2.62 bits per heavy atom. The molecular formula is C12H21N3S. The van der Waals surface area contributed by atoms with Gasteiger partial charge in [0.15, 0.2) is 0 Å². The fourth-order valence-electron chi connectivity index (χ4n) is 2.53. The maximum Gasteiger partial charge on any atom is 0.142 e. The summed E-state index contributed by atoms with van der Waals surface area (Å²) in [5, 5.41) is 1.24. The molecular weight excluding hydrogens is 218 g/mol. The highest BCUT2D eigenvalue weighted by Crippen LogP contribution is 2.31. The highest BCUT2D eigenvalue weighted by atomic mass is 32.1. The Kier molecular flexibility index (Phi) is 3.69. The van der Waals surface area contributed by atoms with Gasteiger partial charge in [0, 0.05) is 19.2 Å². The molecule has 0 amide bonds. The molecule has 2 N–H and O–H groups in total. The maximum atomic E-state index is 5.78. The molecule has 2 rings (SSSR count). The van der Waals surface area contributed by atoms with E-state index in [1.165, 1.54) is 48.6 Å². The molecule has 4 heteroatoms. The molecule has 0 spiro atoms. The van der Waals surface area contributed by atoms with Crippen molar-refractivity contribution in [1.29, 1.82) is 0 Å². The van der Waals surface area contributed by atoms with Crippen LogP contribution < -0.4 is 10.6 Å². The average Bonchev–Trinajstić information content (AvgIpc) is 2.61. The lowest BCUT2D eigenvalue weighted by Gasteiger charge is -2.27. The normalized spacial score (nSPS) is 17.6. The van der Waals surface area contributed by atoms with Crippen LogP contribution in [0.25, 0.3) is 0 Å². The van der Waals surface area contributed by atoms with E-state index in [0.29, 0.717) is 5.82 Å². The van der Waals surface area contributed by atoms with Crippen molar-refractivity contribution >= 4 is 22.4 Å². The van der Waals surface area contributed by atoms with E-state index in [-0.39, 0.29) is 0 Å². The van der Waals surface area contributed by atoms with Crippen LogP contribution in [-0.4, -0.2) is 18.0 Å². The summed E-state index contributed by atoms with van der Waals surface area (Å²) in [7, 11) is 2.16. The Hall–Kier alpha value is -0.770. The monoisotopic (exact) mass is 239 g/mol. The number of nitrogen functional groups attached to an aromatic ring is 1. The van der Waals surface area contributed by atoms with E-state index >= 15 is 0 Å². The van der Waals surface area contributed by atoms with Crippen molar-refractivity contribution in [2.75, 3.05) is 24.2 Å². The minimum Gasteiger partial charge on any atom is -0.383 e. The van der Waals surface area contributed by atoms with Gasteiger partial charge < -0.3 is 10.6 Å². The van der Waals surface area contributed by atoms with Gasteiger partial charge in [0.1, 0.15) is 10.8 Å². The topological polar surface area (TPSA) is 42.1 Å². The number of aromatic nitrogens is 1. The van der Waals surface area contributed by atoms with Crippen molar-refractivity contribution in [1.82, 2.24) is 4.37 Å². The second-order valence-electron chi connectivity index (χ2n) is 4.88. The van der Waals surface area contributed by atoms with Crippen molar-refractivity contribution < 1.29 is 0 Å². The van der Waals surface area contributed by atoms with Crippen LogP contribution >= 0.6 is 11.5 Å². The zero-order valence-electron chi connectivity index (χ0n) is 10.2. The van der Waals surface area contributed by atoms with E-state index in [2.05, 4.69) is 23.2 Å². The third-order valence-corrected chi connectivity index (χ3v) is 4.62. The summed E-state index contributed by atoms with van der Waals surface area (Å²) in [5.41, 5.74) is 6.93. The molecule has 90 valence electrons. The highest BCUT2D eigenvalue weighted by Gasteiger charge is 2.18.